The minimum Gasteiger partial charge on any atom is -0.343 e. The molecule has 2 aromatic rings. The van der Waals surface area contributed by atoms with E-state index >= 15 is 0 Å². The van der Waals surface area contributed by atoms with E-state index in [4.69, 9.17) is 0 Å². The lowest BCUT2D eigenvalue weighted by molar-refractivity contribution is -0.115. The lowest BCUT2D eigenvalue weighted by Gasteiger charge is -2.30. The lowest BCUT2D eigenvalue weighted by atomic mass is 10.0. The molecular formula is C19H23FN4O2S. The van der Waals surface area contributed by atoms with Gasteiger partial charge in [-0.1, -0.05) is 13.0 Å². The molecule has 144 valence electrons. The number of carbonyl (C=O) groups is 2. The first-order valence-electron chi connectivity index (χ1n) is 9.00. The van der Waals surface area contributed by atoms with E-state index in [1.807, 2.05) is 5.38 Å². The third-order valence-electron chi connectivity index (χ3n) is 4.42. The van der Waals surface area contributed by atoms with Crippen LogP contribution in [0.15, 0.2) is 29.6 Å². The molecule has 1 fully saturated rings. The predicted octanol–water partition coefficient (Wildman–Crippen LogP) is 2.88. The van der Waals surface area contributed by atoms with Gasteiger partial charge in [0.05, 0.1) is 12.2 Å². The number of amides is 2. The Kier molecular flexibility index (Phi) is 6.52. The molecule has 2 amide bonds. The number of likely N-dealkylation sites (tertiary alicyclic amines) is 1. The number of benzene rings is 1. The molecule has 1 aliphatic rings. The third kappa shape index (κ3) is 5.83. The summed E-state index contributed by atoms with van der Waals surface area (Å²) >= 11 is 1.37. The second kappa shape index (κ2) is 9.05. The molecule has 0 spiro atoms. The van der Waals surface area contributed by atoms with Crippen LogP contribution >= 0.6 is 11.3 Å². The van der Waals surface area contributed by atoms with Crippen LogP contribution in [-0.2, 0) is 11.3 Å². The standard InChI is InChI=1S/C19H23FN4O2S/c1-13-4-3-7-24(10-13)11-16-12-27-19(22-16)23-17(25)9-21-18(26)14-5-2-6-15(20)8-14/h2,5-6,8,12-13H,3-4,7,9-11H2,1H3,(H,21,26)(H,22,23,25). The molecule has 3 rings (SSSR count). The molecule has 6 nitrogen and oxygen atoms in total. The van der Waals surface area contributed by atoms with E-state index in [0.717, 1.165) is 31.4 Å². The predicted molar refractivity (Wildman–Crippen MR) is 103 cm³/mol. The number of anilines is 1. The maximum Gasteiger partial charge on any atom is 0.251 e. The fraction of sp³-hybridized carbons (Fsp3) is 0.421. The van der Waals surface area contributed by atoms with Gasteiger partial charge in [-0.25, -0.2) is 9.37 Å². The van der Waals surface area contributed by atoms with Crippen molar-refractivity contribution in [2.75, 3.05) is 25.0 Å². The number of nitrogens with one attached hydrogen (secondary N) is 2. The van der Waals surface area contributed by atoms with Gasteiger partial charge in [0.15, 0.2) is 5.13 Å². The summed E-state index contributed by atoms with van der Waals surface area (Å²) in [5, 5.41) is 7.62. The Morgan fingerprint density at radius 1 is 1.41 bits per heavy atom. The SMILES string of the molecule is CC1CCCN(Cc2csc(NC(=O)CNC(=O)c3cccc(F)c3)n2)C1. The van der Waals surface area contributed by atoms with Crippen molar-refractivity contribution >= 4 is 28.3 Å². The molecular weight excluding hydrogens is 367 g/mol. The Hall–Kier alpha value is -2.32. The zero-order chi connectivity index (χ0) is 19.2. The summed E-state index contributed by atoms with van der Waals surface area (Å²) in [6.07, 6.45) is 2.48. The van der Waals surface area contributed by atoms with Crippen LogP contribution in [0.2, 0.25) is 0 Å². The van der Waals surface area contributed by atoms with Gasteiger partial charge < -0.3 is 10.6 Å². The number of halogens is 1. The van der Waals surface area contributed by atoms with E-state index in [0.29, 0.717) is 11.0 Å². The molecule has 1 atom stereocenters. The van der Waals surface area contributed by atoms with Crippen LogP contribution in [0.3, 0.4) is 0 Å². The highest BCUT2D eigenvalue weighted by molar-refractivity contribution is 7.13. The summed E-state index contributed by atoms with van der Waals surface area (Å²) in [5.41, 5.74) is 1.11. The van der Waals surface area contributed by atoms with Gasteiger partial charge in [0.1, 0.15) is 5.82 Å². The van der Waals surface area contributed by atoms with Crippen molar-refractivity contribution in [2.45, 2.75) is 26.3 Å². The van der Waals surface area contributed by atoms with Gasteiger partial charge in [0, 0.05) is 24.0 Å². The summed E-state index contributed by atoms with van der Waals surface area (Å²) in [6.45, 7) is 5.00. The molecule has 1 aromatic carbocycles. The molecule has 2 heterocycles. The number of aromatic nitrogens is 1. The van der Waals surface area contributed by atoms with E-state index in [9.17, 15) is 14.0 Å². The molecule has 0 radical (unpaired) electrons. The highest BCUT2D eigenvalue weighted by Crippen LogP contribution is 2.20. The van der Waals surface area contributed by atoms with Crippen LogP contribution in [0, 0.1) is 11.7 Å². The van der Waals surface area contributed by atoms with Gasteiger partial charge in [-0.15, -0.1) is 11.3 Å². The second-order valence-electron chi connectivity index (χ2n) is 6.87. The number of thiazole rings is 1. The number of rotatable bonds is 6. The summed E-state index contributed by atoms with van der Waals surface area (Å²) < 4.78 is 13.1. The Balaban J connectivity index is 1.45. The topological polar surface area (TPSA) is 74.3 Å². The van der Waals surface area contributed by atoms with Gasteiger partial charge in [-0.05, 0) is 43.5 Å². The van der Waals surface area contributed by atoms with Crippen molar-refractivity contribution in [1.29, 1.82) is 0 Å². The summed E-state index contributed by atoms with van der Waals surface area (Å²) in [6, 6.07) is 5.32. The highest BCUT2D eigenvalue weighted by atomic mass is 32.1. The van der Waals surface area contributed by atoms with Crippen LogP contribution in [0.25, 0.3) is 0 Å². The van der Waals surface area contributed by atoms with E-state index < -0.39 is 11.7 Å². The van der Waals surface area contributed by atoms with E-state index in [-0.39, 0.29) is 18.0 Å². The quantitative estimate of drug-likeness (QED) is 0.795. The maximum atomic E-state index is 13.1. The molecule has 0 bridgehead atoms. The monoisotopic (exact) mass is 390 g/mol. The molecule has 0 aliphatic carbocycles. The van der Waals surface area contributed by atoms with Crippen LogP contribution in [-0.4, -0.2) is 41.3 Å². The van der Waals surface area contributed by atoms with Gasteiger partial charge >= 0.3 is 0 Å². The Morgan fingerprint density at radius 3 is 3.04 bits per heavy atom. The highest BCUT2D eigenvalue weighted by Gasteiger charge is 2.17. The minimum absolute atomic E-state index is 0.176. The largest absolute Gasteiger partial charge is 0.343 e. The van der Waals surface area contributed by atoms with Crippen LogP contribution in [0.5, 0.6) is 0 Å². The third-order valence-corrected chi connectivity index (χ3v) is 5.23. The summed E-state index contributed by atoms with van der Waals surface area (Å²) in [4.78, 5) is 30.8. The second-order valence-corrected chi connectivity index (χ2v) is 7.73. The molecule has 1 aromatic heterocycles. The van der Waals surface area contributed by atoms with Crippen molar-refractivity contribution in [1.82, 2.24) is 15.2 Å². The zero-order valence-corrected chi connectivity index (χ0v) is 16.0. The van der Waals surface area contributed by atoms with Gasteiger partial charge in [-0.3, -0.25) is 14.5 Å². The molecule has 1 unspecified atom stereocenters. The van der Waals surface area contributed by atoms with Gasteiger partial charge in [-0.2, -0.15) is 0 Å². The average Bonchev–Trinajstić information content (AvgIpc) is 3.06. The molecule has 1 saturated heterocycles. The van der Waals surface area contributed by atoms with Crippen molar-refractivity contribution in [3.63, 3.8) is 0 Å². The lowest BCUT2D eigenvalue weighted by Crippen LogP contribution is -2.34. The number of piperidine rings is 1. The van der Waals surface area contributed by atoms with Crippen molar-refractivity contribution in [2.24, 2.45) is 5.92 Å². The minimum atomic E-state index is -0.497. The number of hydrogen-bond acceptors (Lipinski definition) is 5. The number of hydrogen-bond donors (Lipinski definition) is 2. The van der Waals surface area contributed by atoms with Crippen LogP contribution in [0.4, 0.5) is 9.52 Å². The maximum absolute atomic E-state index is 13.1. The van der Waals surface area contributed by atoms with Crippen molar-refractivity contribution < 1.29 is 14.0 Å². The van der Waals surface area contributed by atoms with Crippen LogP contribution < -0.4 is 10.6 Å². The van der Waals surface area contributed by atoms with E-state index in [1.54, 1.807) is 0 Å². The first kappa shape index (κ1) is 19.4. The normalized spacial score (nSPS) is 17.5. The molecule has 0 saturated carbocycles. The van der Waals surface area contributed by atoms with Crippen molar-refractivity contribution in [3.05, 3.63) is 46.7 Å². The van der Waals surface area contributed by atoms with E-state index in [1.165, 1.54) is 42.4 Å². The Labute approximate surface area is 161 Å². The Bertz CT molecular complexity index is 811. The van der Waals surface area contributed by atoms with Gasteiger partial charge in [0.25, 0.3) is 5.91 Å². The number of carbonyl (C=O) groups excluding carboxylic acids is 2. The van der Waals surface area contributed by atoms with Crippen LogP contribution in [0.1, 0.15) is 35.8 Å². The van der Waals surface area contributed by atoms with E-state index in [2.05, 4.69) is 27.4 Å². The molecule has 2 N–H and O–H groups in total. The fourth-order valence-corrected chi connectivity index (χ4v) is 3.87. The first-order valence-corrected chi connectivity index (χ1v) is 9.88. The fourth-order valence-electron chi connectivity index (χ4n) is 3.15. The first-order chi connectivity index (χ1) is 13.0. The molecule has 1 aliphatic heterocycles. The molecule has 8 heteroatoms. The summed E-state index contributed by atoms with van der Waals surface area (Å²) in [5.74, 6) is -0.653. The van der Waals surface area contributed by atoms with Crippen molar-refractivity contribution in [3.8, 4) is 0 Å². The summed E-state index contributed by atoms with van der Waals surface area (Å²) in [7, 11) is 0. The Morgan fingerprint density at radius 2 is 2.26 bits per heavy atom. The smallest absolute Gasteiger partial charge is 0.251 e. The van der Waals surface area contributed by atoms with Gasteiger partial charge in [0.2, 0.25) is 5.91 Å². The number of nitrogens with zero attached hydrogens (tertiary/aromatic N) is 2. The molecule has 27 heavy (non-hydrogen) atoms. The zero-order valence-electron chi connectivity index (χ0n) is 15.2. The average molecular weight is 390 g/mol.